The normalized spacial score (nSPS) is 10.5. The van der Waals surface area contributed by atoms with Crippen LogP contribution in [-0.2, 0) is 0 Å². The van der Waals surface area contributed by atoms with E-state index in [4.69, 9.17) is 4.74 Å². The van der Waals surface area contributed by atoms with E-state index in [0.717, 1.165) is 5.56 Å². The summed E-state index contributed by atoms with van der Waals surface area (Å²) in [6, 6.07) is 9.53. The lowest BCUT2D eigenvalue weighted by Crippen LogP contribution is -2.21. The first-order valence-electron chi connectivity index (χ1n) is 11.5. The molecular weight excluding hydrogens is 428 g/mol. The summed E-state index contributed by atoms with van der Waals surface area (Å²) < 4.78 is 34.3. The third-order valence-corrected chi connectivity index (χ3v) is 4.78. The van der Waals surface area contributed by atoms with E-state index in [9.17, 15) is 13.6 Å². The number of para-hydroxylation sites is 1. The van der Waals surface area contributed by atoms with E-state index in [2.05, 4.69) is 34.2 Å². The first-order chi connectivity index (χ1) is 15.8. The Bertz CT molecular complexity index is 826. The first-order valence-corrected chi connectivity index (χ1v) is 11.5. The minimum Gasteiger partial charge on any atom is -0.481 e. The number of hydrogen-bond acceptors (Lipinski definition) is 4. The van der Waals surface area contributed by atoms with E-state index < -0.39 is 18.5 Å². The van der Waals surface area contributed by atoms with Gasteiger partial charge >= 0.3 is 12.6 Å². The quantitative estimate of drug-likeness (QED) is 0.332. The smallest absolute Gasteiger partial charge is 0.388 e. The van der Waals surface area contributed by atoms with Crippen molar-refractivity contribution in [1.82, 2.24) is 4.98 Å². The van der Waals surface area contributed by atoms with Crippen LogP contribution in [0.3, 0.4) is 0 Å². The topological polar surface area (TPSA) is 72.5 Å². The molecule has 1 aromatic heterocycles. The van der Waals surface area contributed by atoms with Gasteiger partial charge in [-0.25, -0.2) is 4.79 Å². The largest absolute Gasteiger partial charge is 0.481 e. The van der Waals surface area contributed by atoms with Crippen molar-refractivity contribution in [1.29, 1.82) is 0 Å². The van der Waals surface area contributed by atoms with E-state index in [1.807, 2.05) is 26.0 Å². The van der Waals surface area contributed by atoms with Gasteiger partial charge in [0.1, 0.15) is 5.69 Å². The Hall–Kier alpha value is -2.90. The van der Waals surface area contributed by atoms with Gasteiger partial charge in [0.05, 0.1) is 7.11 Å². The number of hydrogen-bond donors (Lipinski definition) is 2. The number of anilines is 2. The fourth-order valence-electron chi connectivity index (χ4n) is 3.05. The lowest BCUT2D eigenvalue weighted by Gasteiger charge is -2.15. The minimum atomic E-state index is -3.08. The molecule has 0 fully saturated rings. The maximum atomic E-state index is 12.5. The Labute approximate surface area is 196 Å². The Morgan fingerprint density at radius 1 is 0.939 bits per heavy atom. The average molecular weight is 466 g/mol. The van der Waals surface area contributed by atoms with Crippen molar-refractivity contribution in [2.45, 2.75) is 78.7 Å². The fraction of sp³-hybridized carbons (Fsp3) is 0.520. The van der Waals surface area contributed by atoms with Gasteiger partial charge in [-0.3, -0.25) is 0 Å². The standard InChI is InChI=1S/C17H19F2N3O3.C8H18/c1-10(2)11-6-4-5-7-12(11)20-17(23)21-13-8-9-14(24-3)22-15(13)25-16(18)19;1-3-5-7-8-6-4-2/h4-10,16H,1-3H3,(H2,20,21,23);3-8H2,1-2H3. The summed E-state index contributed by atoms with van der Waals surface area (Å²) in [5, 5.41) is 5.15. The highest BCUT2D eigenvalue weighted by molar-refractivity contribution is 6.01. The Morgan fingerprint density at radius 2 is 1.55 bits per heavy atom. The molecule has 2 N–H and O–H groups in total. The summed E-state index contributed by atoms with van der Waals surface area (Å²) in [6.07, 6.45) is 8.49. The summed E-state index contributed by atoms with van der Waals surface area (Å²) in [7, 11) is 1.34. The molecule has 1 aromatic carbocycles. The number of pyridine rings is 1. The monoisotopic (exact) mass is 465 g/mol. The second-order valence-corrected chi connectivity index (χ2v) is 7.82. The molecule has 0 saturated carbocycles. The van der Waals surface area contributed by atoms with Crippen molar-refractivity contribution in [3.05, 3.63) is 42.0 Å². The van der Waals surface area contributed by atoms with E-state index in [1.54, 1.807) is 12.1 Å². The number of amides is 2. The number of methoxy groups -OCH3 is 1. The molecule has 0 spiro atoms. The lowest BCUT2D eigenvalue weighted by molar-refractivity contribution is -0.0525. The maximum absolute atomic E-state index is 12.5. The fourth-order valence-corrected chi connectivity index (χ4v) is 3.05. The number of urea groups is 1. The van der Waals surface area contributed by atoms with Crippen LogP contribution in [0.1, 0.15) is 77.7 Å². The van der Waals surface area contributed by atoms with E-state index in [1.165, 1.54) is 57.8 Å². The second-order valence-electron chi connectivity index (χ2n) is 7.82. The molecule has 0 saturated heterocycles. The molecule has 0 aliphatic rings. The van der Waals surface area contributed by atoms with Gasteiger partial charge < -0.3 is 20.1 Å². The van der Waals surface area contributed by atoms with Crippen LogP contribution in [0.2, 0.25) is 0 Å². The van der Waals surface area contributed by atoms with Crippen molar-refractivity contribution in [2.75, 3.05) is 17.7 Å². The molecule has 33 heavy (non-hydrogen) atoms. The third-order valence-electron chi connectivity index (χ3n) is 4.78. The van der Waals surface area contributed by atoms with Crippen LogP contribution in [-0.4, -0.2) is 24.7 Å². The van der Waals surface area contributed by atoms with Gasteiger partial charge in [-0.1, -0.05) is 84.4 Å². The Kier molecular flexibility index (Phi) is 13.5. The van der Waals surface area contributed by atoms with Gasteiger partial charge in [-0.05, 0) is 23.6 Å². The first kappa shape index (κ1) is 28.1. The molecule has 2 amide bonds. The van der Waals surface area contributed by atoms with Gasteiger partial charge in [0, 0.05) is 11.8 Å². The molecule has 6 nitrogen and oxygen atoms in total. The number of halogens is 2. The number of nitrogens with zero attached hydrogens (tertiary/aromatic N) is 1. The number of aromatic nitrogens is 1. The van der Waals surface area contributed by atoms with Gasteiger partial charge in [-0.2, -0.15) is 13.8 Å². The van der Waals surface area contributed by atoms with Crippen molar-refractivity contribution in [3.63, 3.8) is 0 Å². The predicted molar refractivity (Wildman–Crippen MR) is 130 cm³/mol. The zero-order chi connectivity index (χ0) is 24.6. The van der Waals surface area contributed by atoms with Crippen molar-refractivity contribution in [3.8, 4) is 11.8 Å². The van der Waals surface area contributed by atoms with Crippen LogP contribution >= 0.6 is 0 Å². The van der Waals surface area contributed by atoms with Crippen LogP contribution in [0.4, 0.5) is 25.0 Å². The van der Waals surface area contributed by atoms with E-state index in [-0.39, 0.29) is 17.5 Å². The molecule has 0 aliphatic carbocycles. The van der Waals surface area contributed by atoms with Crippen LogP contribution in [0.25, 0.3) is 0 Å². The molecule has 8 heteroatoms. The highest BCUT2D eigenvalue weighted by atomic mass is 19.3. The molecule has 0 bridgehead atoms. The molecule has 0 aliphatic heterocycles. The van der Waals surface area contributed by atoms with Crippen LogP contribution < -0.4 is 20.1 Å². The molecular formula is C25H37F2N3O3. The summed E-state index contributed by atoms with van der Waals surface area (Å²) in [5.74, 6) is -0.134. The summed E-state index contributed by atoms with van der Waals surface area (Å²) in [4.78, 5) is 16.0. The Morgan fingerprint density at radius 3 is 2.09 bits per heavy atom. The van der Waals surface area contributed by atoms with Crippen molar-refractivity contribution >= 4 is 17.4 Å². The number of ether oxygens (including phenoxy) is 2. The summed E-state index contributed by atoms with van der Waals surface area (Å²) in [5.41, 5.74) is 1.59. The Balaban J connectivity index is 0.000000582. The zero-order valence-corrected chi connectivity index (χ0v) is 20.3. The molecule has 184 valence electrons. The number of alkyl halides is 2. The zero-order valence-electron chi connectivity index (χ0n) is 20.3. The SMILES string of the molecule is CCCCCCCC.COc1ccc(NC(=O)Nc2ccccc2C(C)C)c(OC(F)F)n1. The lowest BCUT2D eigenvalue weighted by atomic mass is 10.0. The maximum Gasteiger partial charge on any atom is 0.388 e. The highest BCUT2D eigenvalue weighted by Crippen LogP contribution is 2.28. The number of rotatable bonds is 11. The van der Waals surface area contributed by atoms with Crippen LogP contribution in [0.15, 0.2) is 36.4 Å². The number of carbonyl (C=O) groups is 1. The number of nitrogens with one attached hydrogen (secondary N) is 2. The van der Waals surface area contributed by atoms with Crippen molar-refractivity contribution in [2.24, 2.45) is 0 Å². The average Bonchev–Trinajstić information content (AvgIpc) is 2.78. The molecule has 2 aromatic rings. The number of benzene rings is 1. The molecule has 1 heterocycles. The number of unbranched alkanes of at least 4 members (excludes halogenated alkanes) is 5. The van der Waals surface area contributed by atoms with Gasteiger partial charge in [0.15, 0.2) is 0 Å². The van der Waals surface area contributed by atoms with Gasteiger partial charge in [0.25, 0.3) is 0 Å². The third kappa shape index (κ3) is 11.0. The van der Waals surface area contributed by atoms with Gasteiger partial charge in [0.2, 0.25) is 11.8 Å². The van der Waals surface area contributed by atoms with E-state index >= 15 is 0 Å². The molecule has 2 rings (SSSR count). The van der Waals surface area contributed by atoms with Gasteiger partial charge in [-0.15, -0.1) is 0 Å². The highest BCUT2D eigenvalue weighted by Gasteiger charge is 2.16. The summed E-state index contributed by atoms with van der Waals surface area (Å²) >= 11 is 0. The summed E-state index contributed by atoms with van der Waals surface area (Å²) in [6.45, 7) is 5.43. The molecule has 0 radical (unpaired) electrons. The van der Waals surface area contributed by atoms with Crippen molar-refractivity contribution < 1.29 is 23.0 Å². The van der Waals surface area contributed by atoms with Crippen LogP contribution in [0.5, 0.6) is 11.8 Å². The van der Waals surface area contributed by atoms with Crippen LogP contribution in [0, 0.1) is 0 Å². The number of carbonyl (C=O) groups excluding carboxylic acids is 1. The molecule has 0 unspecified atom stereocenters. The second kappa shape index (κ2) is 15.8. The predicted octanol–water partition coefficient (Wildman–Crippen LogP) is 7.83. The minimum absolute atomic E-state index is 0.000582. The molecule has 0 atom stereocenters. The van der Waals surface area contributed by atoms with E-state index in [0.29, 0.717) is 5.69 Å².